The summed E-state index contributed by atoms with van der Waals surface area (Å²) in [6, 6.07) is 10.1. The molecule has 1 heterocycles. The minimum Gasteiger partial charge on any atom is -0.264 e. The first-order valence-electron chi connectivity index (χ1n) is 5.13. The zero-order chi connectivity index (χ0) is 11.5. The molecule has 0 aliphatic rings. The Morgan fingerprint density at radius 1 is 0.938 bits per heavy atom. The normalized spacial score (nSPS) is 9.81. The molecule has 0 fully saturated rings. The Hall–Kier alpha value is -2.14. The lowest BCUT2D eigenvalue weighted by Gasteiger charge is -2.04. The summed E-state index contributed by atoms with van der Waals surface area (Å²) in [5, 5.41) is 8.92. The minimum absolute atomic E-state index is 0.691. The smallest absolute Gasteiger partial charge is 0.0991 e. The van der Waals surface area contributed by atoms with Gasteiger partial charge in [-0.2, -0.15) is 5.26 Å². The lowest BCUT2D eigenvalue weighted by atomic mass is 10.0. The zero-order valence-electron chi connectivity index (χ0n) is 9.36. The third-order valence-corrected chi connectivity index (χ3v) is 2.41. The van der Waals surface area contributed by atoms with Gasteiger partial charge in [-0.3, -0.25) is 4.98 Å². The van der Waals surface area contributed by atoms with E-state index in [1.54, 1.807) is 0 Å². The Morgan fingerprint density at radius 3 is 2.38 bits per heavy atom. The first-order valence-corrected chi connectivity index (χ1v) is 5.13. The summed E-state index contributed by atoms with van der Waals surface area (Å²) in [6.45, 7) is 4.01. The van der Waals surface area contributed by atoms with Crippen LogP contribution >= 0.6 is 0 Å². The van der Waals surface area contributed by atoms with Crippen LogP contribution in [0.1, 0.15) is 16.7 Å². The third kappa shape index (κ3) is 2.09. The van der Waals surface area contributed by atoms with Gasteiger partial charge in [-0.25, -0.2) is 0 Å². The van der Waals surface area contributed by atoms with E-state index in [0.29, 0.717) is 5.56 Å². The number of rotatable bonds is 1. The lowest BCUT2D eigenvalue weighted by Crippen LogP contribution is -1.85. The molecule has 0 atom stereocenters. The summed E-state index contributed by atoms with van der Waals surface area (Å²) in [7, 11) is 0. The molecule has 0 N–H and O–H groups in total. The number of benzene rings is 1. The molecule has 2 nitrogen and oxygen atoms in total. The fourth-order valence-corrected chi connectivity index (χ4v) is 1.73. The Bertz CT molecular complexity index is 565. The molecule has 16 heavy (non-hydrogen) atoms. The molecule has 0 bridgehead atoms. The van der Waals surface area contributed by atoms with Crippen molar-refractivity contribution < 1.29 is 0 Å². The van der Waals surface area contributed by atoms with Crippen molar-refractivity contribution in [3.63, 3.8) is 0 Å². The van der Waals surface area contributed by atoms with Crippen molar-refractivity contribution in [1.82, 2.24) is 4.98 Å². The standard InChI is InChI=1S/C14H12N2/c1-10-3-12(7-15)6-13(4-10)14-5-11(2)8-16-9-14/h3-6,8-9H,1-2H3. The molecular weight excluding hydrogens is 196 g/mol. The maximum Gasteiger partial charge on any atom is 0.0991 e. The minimum atomic E-state index is 0.691. The fourth-order valence-electron chi connectivity index (χ4n) is 1.73. The third-order valence-electron chi connectivity index (χ3n) is 2.41. The van der Waals surface area contributed by atoms with Crippen LogP contribution in [0.3, 0.4) is 0 Å². The van der Waals surface area contributed by atoms with E-state index in [-0.39, 0.29) is 0 Å². The van der Waals surface area contributed by atoms with Crippen molar-refractivity contribution >= 4 is 0 Å². The predicted octanol–water partition coefficient (Wildman–Crippen LogP) is 3.24. The molecule has 2 rings (SSSR count). The molecule has 1 aromatic carbocycles. The highest BCUT2D eigenvalue weighted by atomic mass is 14.6. The number of hydrogen-bond acceptors (Lipinski definition) is 2. The number of nitrogens with zero attached hydrogens (tertiary/aromatic N) is 2. The topological polar surface area (TPSA) is 36.7 Å². The molecule has 2 heteroatoms. The second-order valence-electron chi connectivity index (χ2n) is 3.95. The van der Waals surface area contributed by atoms with E-state index < -0.39 is 0 Å². The zero-order valence-corrected chi connectivity index (χ0v) is 9.36. The van der Waals surface area contributed by atoms with E-state index in [2.05, 4.69) is 23.2 Å². The summed E-state index contributed by atoms with van der Waals surface area (Å²) < 4.78 is 0. The highest BCUT2D eigenvalue weighted by Gasteiger charge is 2.01. The van der Waals surface area contributed by atoms with Crippen molar-refractivity contribution in [3.8, 4) is 17.2 Å². The summed E-state index contributed by atoms with van der Waals surface area (Å²) in [5.74, 6) is 0. The molecule has 0 spiro atoms. The predicted molar refractivity (Wildman–Crippen MR) is 63.9 cm³/mol. The largest absolute Gasteiger partial charge is 0.264 e. The van der Waals surface area contributed by atoms with E-state index >= 15 is 0 Å². The lowest BCUT2D eigenvalue weighted by molar-refractivity contribution is 1.27. The van der Waals surface area contributed by atoms with E-state index in [1.807, 2.05) is 38.4 Å². The van der Waals surface area contributed by atoms with Gasteiger partial charge in [-0.1, -0.05) is 6.07 Å². The summed E-state index contributed by atoms with van der Waals surface area (Å²) >= 11 is 0. The fraction of sp³-hybridized carbons (Fsp3) is 0.143. The van der Waals surface area contributed by atoms with Gasteiger partial charge in [0.25, 0.3) is 0 Å². The van der Waals surface area contributed by atoms with E-state index in [4.69, 9.17) is 5.26 Å². The molecule has 0 saturated carbocycles. The quantitative estimate of drug-likeness (QED) is 0.721. The number of aryl methyl sites for hydroxylation is 2. The molecule has 0 radical (unpaired) electrons. The molecule has 2 aromatic rings. The van der Waals surface area contributed by atoms with Gasteiger partial charge in [-0.05, 0) is 48.7 Å². The summed E-state index contributed by atoms with van der Waals surface area (Å²) in [6.07, 6.45) is 3.65. The molecule has 0 amide bonds. The van der Waals surface area contributed by atoms with Crippen LogP contribution in [0, 0.1) is 25.2 Å². The van der Waals surface area contributed by atoms with Crippen molar-refractivity contribution in [2.24, 2.45) is 0 Å². The van der Waals surface area contributed by atoms with Gasteiger partial charge < -0.3 is 0 Å². The van der Waals surface area contributed by atoms with E-state index in [9.17, 15) is 0 Å². The number of nitriles is 1. The summed E-state index contributed by atoms with van der Waals surface area (Å²) in [4.78, 5) is 4.16. The van der Waals surface area contributed by atoms with Crippen LogP contribution in [-0.4, -0.2) is 4.98 Å². The average molecular weight is 208 g/mol. The summed E-state index contributed by atoms with van der Waals surface area (Å²) in [5.41, 5.74) is 5.01. The van der Waals surface area contributed by atoms with Crippen LogP contribution in [0.5, 0.6) is 0 Å². The van der Waals surface area contributed by atoms with Crippen LogP contribution in [0.25, 0.3) is 11.1 Å². The molecule has 0 saturated heterocycles. The Kier molecular flexibility index (Phi) is 2.70. The second-order valence-corrected chi connectivity index (χ2v) is 3.95. The highest BCUT2D eigenvalue weighted by molar-refractivity contribution is 5.65. The number of aromatic nitrogens is 1. The van der Waals surface area contributed by atoms with Crippen molar-refractivity contribution in [2.45, 2.75) is 13.8 Å². The van der Waals surface area contributed by atoms with Gasteiger partial charge in [0.15, 0.2) is 0 Å². The first kappa shape index (κ1) is 10.4. The SMILES string of the molecule is Cc1cncc(-c2cc(C)cc(C#N)c2)c1. The maximum absolute atomic E-state index is 8.92. The second kappa shape index (κ2) is 4.16. The molecular formula is C14H12N2. The van der Waals surface area contributed by atoms with Crippen LogP contribution < -0.4 is 0 Å². The van der Waals surface area contributed by atoms with Crippen molar-refractivity contribution in [1.29, 1.82) is 5.26 Å². The molecule has 0 aliphatic carbocycles. The number of hydrogen-bond donors (Lipinski definition) is 0. The van der Waals surface area contributed by atoms with Crippen LogP contribution in [0.4, 0.5) is 0 Å². The first-order chi connectivity index (χ1) is 7.69. The van der Waals surface area contributed by atoms with Gasteiger partial charge in [0.05, 0.1) is 11.6 Å². The Balaban J connectivity index is 2.56. The van der Waals surface area contributed by atoms with E-state index in [1.165, 1.54) is 0 Å². The highest BCUT2D eigenvalue weighted by Crippen LogP contribution is 2.22. The van der Waals surface area contributed by atoms with Gasteiger partial charge >= 0.3 is 0 Å². The van der Waals surface area contributed by atoms with Crippen LogP contribution in [0.2, 0.25) is 0 Å². The number of pyridine rings is 1. The Labute approximate surface area is 95.2 Å². The molecule has 0 unspecified atom stereocenters. The molecule has 78 valence electrons. The Morgan fingerprint density at radius 2 is 1.69 bits per heavy atom. The average Bonchev–Trinajstić information content (AvgIpc) is 2.28. The van der Waals surface area contributed by atoms with Crippen molar-refractivity contribution in [3.05, 3.63) is 53.3 Å². The van der Waals surface area contributed by atoms with Gasteiger partial charge in [0.1, 0.15) is 0 Å². The van der Waals surface area contributed by atoms with Gasteiger partial charge in [-0.15, -0.1) is 0 Å². The monoisotopic (exact) mass is 208 g/mol. The molecule has 0 aliphatic heterocycles. The van der Waals surface area contributed by atoms with Gasteiger partial charge in [0.2, 0.25) is 0 Å². The van der Waals surface area contributed by atoms with Crippen LogP contribution in [0.15, 0.2) is 36.7 Å². The van der Waals surface area contributed by atoms with Crippen molar-refractivity contribution in [2.75, 3.05) is 0 Å². The van der Waals surface area contributed by atoms with Gasteiger partial charge in [0, 0.05) is 18.0 Å². The maximum atomic E-state index is 8.92. The van der Waals surface area contributed by atoms with Crippen LogP contribution in [-0.2, 0) is 0 Å². The van der Waals surface area contributed by atoms with E-state index in [0.717, 1.165) is 22.3 Å². The molecule has 1 aromatic heterocycles.